The summed E-state index contributed by atoms with van der Waals surface area (Å²) in [6.45, 7) is 0. The van der Waals surface area contributed by atoms with Gasteiger partial charge in [-0.2, -0.15) is 0 Å². The lowest BCUT2D eigenvalue weighted by Crippen LogP contribution is -2.24. The highest BCUT2D eigenvalue weighted by Crippen LogP contribution is 2.20. The molecule has 0 aliphatic carbocycles. The second-order valence-corrected chi connectivity index (χ2v) is 4.15. The van der Waals surface area contributed by atoms with E-state index in [4.69, 9.17) is 5.84 Å². The van der Waals surface area contributed by atoms with Crippen molar-refractivity contribution in [3.05, 3.63) is 30.3 Å². The smallest absolute Gasteiger partial charge is 0.210 e. The number of carbonyl (C=O) groups excluding carboxylic acids is 1. The SMILES string of the molecule is Nn1c(SCC(=O)[O-])nnc1-c1ccccc1. The van der Waals surface area contributed by atoms with Crippen LogP contribution in [0.2, 0.25) is 0 Å². The van der Waals surface area contributed by atoms with Crippen molar-refractivity contribution in [2.24, 2.45) is 0 Å². The molecule has 0 aliphatic rings. The van der Waals surface area contributed by atoms with E-state index < -0.39 is 5.97 Å². The molecule has 2 rings (SSSR count). The van der Waals surface area contributed by atoms with E-state index >= 15 is 0 Å². The van der Waals surface area contributed by atoms with Crippen LogP contribution in [0.5, 0.6) is 0 Å². The molecular weight excluding hydrogens is 240 g/mol. The van der Waals surface area contributed by atoms with E-state index in [1.54, 1.807) is 0 Å². The van der Waals surface area contributed by atoms with E-state index in [9.17, 15) is 9.90 Å². The molecule has 0 atom stereocenters. The Morgan fingerprint density at radius 3 is 2.71 bits per heavy atom. The lowest BCUT2D eigenvalue weighted by molar-refractivity contribution is -0.301. The second kappa shape index (κ2) is 4.88. The van der Waals surface area contributed by atoms with E-state index in [0.29, 0.717) is 11.0 Å². The fourth-order valence-corrected chi connectivity index (χ4v) is 1.85. The average molecular weight is 249 g/mol. The van der Waals surface area contributed by atoms with Gasteiger partial charge in [0.25, 0.3) is 0 Å². The Balaban J connectivity index is 2.24. The largest absolute Gasteiger partial charge is 0.549 e. The maximum atomic E-state index is 10.3. The fraction of sp³-hybridized carbons (Fsp3) is 0.100. The van der Waals surface area contributed by atoms with Gasteiger partial charge in [0.2, 0.25) is 5.16 Å². The second-order valence-electron chi connectivity index (χ2n) is 3.20. The van der Waals surface area contributed by atoms with Gasteiger partial charge >= 0.3 is 0 Å². The predicted molar refractivity (Wildman–Crippen MR) is 61.3 cm³/mol. The number of nitrogens with zero attached hydrogens (tertiary/aromatic N) is 3. The van der Waals surface area contributed by atoms with Crippen molar-refractivity contribution in [1.29, 1.82) is 0 Å². The highest BCUT2D eigenvalue weighted by atomic mass is 32.2. The van der Waals surface area contributed by atoms with Crippen molar-refractivity contribution in [2.75, 3.05) is 11.6 Å². The first kappa shape index (κ1) is 11.5. The highest BCUT2D eigenvalue weighted by Gasteiger charge is 2.11. The molecule has 1 aromatic heterocycles. The molecule has 2 aromatic rings. The number of hydrogen-bond acceptors (Lipinski definition) is 6. The summed E-state index contributed by atoms with van der Waals surface area (Å²) in [6.07, 6.45) is 0. The van der Waals surface area contributed by atoms with Crippen LogP contribution in [0.3, 0.4) is 0 Å². The van der Waals surface area contributed by atoms with E-state index in [1.165, 1.54) is 4.68 Å². The van der Waals surface area contributed by atoms with Gasteiger partial charge in [-0.25, -0.2) is 4.68 Å². The van der Waals surface area contributed by atoms with Gasteiger partial charge in [0, 0.05) is 11.3 Å². The molecule has 2 N–H and O–H groups in total. The Hall–Kier alpha value is -2.02. The van der Waals surface area contributed by atoms with Gasteiger partial charge in [-0.3, -0.25) is 0 Å². The maximum Gasteiger partial charge on any atom is 0.210 e. The summed E-state index contributed by atoms with van der Waals surface area (Å²) in [6, 6.07) is 9.30. The maximum absolute atomic E-state index is 10.3. The molecule has 0 saturated heterocycles. The Morgan fingerprint density at radius 1 is 1.35 bits per heavy atom. The third-order valence-electron chi connectivity index (χ3n) is 2.02. The van der Waals surface area contributed by atoms with Crippen molar-refractivity contribution < 1.29 is 9.90 Å². The Bertz CT molecular complexity index is 526. The molecule has 7 heteroatoms. The van der Waals surface area contributed by atoms with Gasteiger partial charge in [0.05, 0.1) is 5.97 Å². The Labute approximate surface area is 101 Å². The van der Waals surface area contributed by atoms with Gasteiger partial charge in [0.15, 0.2) is 5.82 Å². The first-order chi connectivity index (χ1) is 8.18. The van der Waals surface area contributed by atoms with Crippen molar-refractivity contribution in [3.8, 4) is 11.4 Å². The minimum absolute atomic E-state index is 0.204. The van der Waals surface area contributed by atoms with E-state index in [2.05, 4.69) is 10.2 Å². The van der Waals surface area contributed by atoms with Crippen molar-refractivity contribution in [3.63, 3.8) is 0 Å². The Kier molecular flexibility index (Phi) is 3.29. The molecule has 1 heterocycles. The molecule has 0 bridgehead atoms. The zero-order valence-corrected chi connectivity index (χ0v) is 9.55. The standard InChI is InChI=1S/C10H10N4O2S/c11-14-9(7-4-2-1-3-5-7)12-13-10(14)17-6-8(15)16/h1-5H,6,11H2,(H,15,16)/p-1. The molecule has 0 spiro atoms. The van der Waals surface area contributed by atoms with Crippen molar-refractivity contribution in [1.82, 2.24) is 14.9 Å². The number of rotatable bonds is 4. The molecule has 6 nitrogen and oxygen atoms in total. The molecular formula is C10H9N4O2S-. The lowest BCUT2D eigenvalue weighted by atomic mass is 10.2. The van der Waals surface area contributed by atoms with Crippen molar-refractivity contribution in [2.45, 2.75) is 5.16 Å². The van der Waals surface area contributed by atoms with Crippen LogP contribution in [0.15, 0.2) is 35.5 Å². The number of nitrogens with two attached hydrogens (primary N) is 1. The molecule has 0 unspecified atom stereocenters. The fourth-order valence-electron chi connectivity index (χ4n) is 1.28. The number of carbonyl (C=O) groups is 1. The number of carboxylic acid groups (broad SMARTS) is 1. The van der Waals surface area contributed by atoms with Crippen LogP contribution in [0.25, 0.3) is 11.4 Å². The van der Waals surface area contributed by atoms with Gasteiger partial charge in [-0.1, -0.05) is 42.1 Å². The number of aliphatic carboxylic acids is 1. The normalized spacial score (nSPS) is 10.4. The van der Waals surface area contributed by atoms with E-state index in [-0.39, 0.29) is 5.75 Å². The quantitative estimate of drug-likeness (QED) is 0.579. The van der Waals surface area contributed by atoms with Crippen LogP contribution in [0, 0.1) is 0 Å². The third kappa shape index (κ3) is 2.56. The highest BCUT2D eigenvalue weighted by molar-refractivity contribution is 7.99. The van der Waals surface area contributed by atoms with Crippen LogP contribution in [-0.4, -0.2) is 26.6 Å². The third-order valence-corrected chi connectivity index (χ3v) is 2.93. The average Bonchev–Trinajstić information content (AvgIpc) is 2.69. The topological polar surface area (TPSA) is 96.9 Å². The van der Waals surface area contributed by atoms with Gasteiger partial charge < -0.3 is 15.7 Å². The van der Waals surface area contributed by atoms with Crippen LogP contribution in [0.1, 0.15) is 0 Å². The molecule has 0 fully saturated rings. The number of carboxylic acids is 1. The van der Waals surface area contributed by atoms with Crippen LogP contribution in [-0.2, 0) is 4.79 Å². The first-order valence-corrected chi connectivity index (χ1v) is 5.75. The monoisotopic (exact) mass is 249 g/mol. The summed E-state index contributed by atoms with van der Waals surface area (Å²) < 4.78 is 1.27. The molecule has 0 aliphatic heterocycles. The first-order valence-electron chi connectivity index (χ1n) is 4.77. The summed E-state index contributed by atoms with van der Waals surface area (Å²) in [5.74, 6) is 4.90. The summed E-state index contributed by atoms with van der Waals surface area (Å²) in [5.41, 5.74) is 0.822. The predicted octanol–water partition coefficient (Wildman–Crippen LogP) is -0.499. The van der Waals surface area contributed by atoms with E-state index in [1.807, 2.05) is 30.3 Å². The van der Waals surface area contributed by atoms with Crippen molar-refractivity contribution >= 4 is 17.7 Å². The number of thioether (sulfide) groups is 1. The molecule has 1 aromatic carbocycles. The lowest BCUT2D eigenvalue weighted by Gasteiger charge is -2.03. The van der Waals surface area contributed by atoms with Crippen LogP contribution >= 0.6 is 11.8 Å². The number of nitrogen functional groups attached to an aromatic ring is 1. The molecule has 0 radical (unpaired) electrons. The Morgan fingerprint density at radius 2 is 2.06 bits per heavy atom. The zero-order chi connectivity index (χ0) is 12.3. The van der Waals surface area contributed by atoms with Gasteiger partial charge in [-0.15, -0.1) is 10.2 Å². The summed E-state index contributed by atoms with van der Waals surface area (Å²) in [5, 5.41) is 18.4. The summed E-state index contributed by atoms with van der Waals surface area (Å²) in [7, 11) is 0. The minimum atomic E-state index is -1.17. The minimum Gasteiger partial charge on any atom is -0.549 e. The zero-order valence-electron chi connectivity index (χ0n) is 8.74. The van der Waals surface area contributed by atoms with Crippen LogP contribution < -0.4 is 10.9 Å². The summed E-state index contributed by atoms with van der Waals surface area (Å²) in [4.78, 5) is 10.3. The molecule has 0 saturated carbocycles. The number of benzene rings is 1. The molecule has 88 valence electrons. The molecule has 17 heavy (non-hydrogen) atoms. The van der Waals surface area contributed by atoms with Gasteiger partial charge in [-0.05, 0) is 0 Å². The number of aromatic nitrogens is 3. The van der Waals surface area contributed by atoms with E-state index in [0.717, 1.165) is 17.3 Å². The molecule has 0 amide bonds. The van der Waals surface area contributed by atoms with Gasteiger partial charge in [0.1, 0.15) is 0 Å². The summed E-state index contributed by atoms with van der Waals surface area (Å²) >= 11 is 0.973. The number of hydrogen-bond donors (Lipinski definition) is 1. The van der Waals surface area contributed by atoms with Crippen LogP contribution in [0.4, 0.5) is 0 Å².